The molecule has 4 rings (SSSR count). The van der Waals surface area contributed by atoms with Crippen molar-refractivity contribution < 1.29 is 4.79 Å². The minimum Gasteiger partial charge on any atom is -0.347 e. The number of aromatic nitrogens is 3. The molecule has 130 valence electrons. The van der Waals surface area contributed by atoms with E-state index in [4.69, 9.17) is 0 Å². The molecule has 0 saturated heterocycles. The van der Waals surface area contributed by atoms with E-state index in [9.17, 15) is 4.79 Å². The highest BCUT2D eigenvalue weighted by Crippen LogP contribution is 2.24. The number of carbonyl (C=O) groups excluding carboxylic acids is 1. The van der Waals surface area contributed by atoms with Gasteiger partial charge in [0.15, 0.2) is 5.13 Å². The molecule has 0 atom stereocenters. The summed E-state index contributed by atoms with van der Waals surface area (Å²) in [5.74, 6) is 0.557. The maximum absolute atomic E-state index is 12.3. The predicted octanol–water partition coefficient (Wildman–Crippen LogP) is 3.70. The van der Waals surface area contributed by atoms with E-state index in [2.05, 4.69) is 20.6 Å². The van der Waals surface area contributed by atoms with Crippen LogP contribution in [0.4, 0.5) is 11.1 Å². The molecular formula is C19H17N5OS. The monoisotopic (exact) mass is 363 g/mol. The molecule has 2 aromatic heterocycles. The molecule has 0 aliphatic heterocycles. The fraction of sp³-hybridized carbons (Fsp3) is 0.105. The summed E-state index contributed by atoms with van der Waals surface area (Å²) < 4.78 is 1.96. The molecule has 0 saturated carbocycles. The fourth-order valence-corrected chi connectivity index (χ4v) is 3.38. The number of rotatable bonds is 5. The average Bonchev–Trinajstić information content (AvgIpc) is 3.26. The van der Waals surface area contributed by atoms with Gasteiger partial charge in [0.1, 0.15) is 4.88 Å². The Bertz CT molecular complexity index is 1050. The van der Waals surface area contributed by atoms with Gasteiger partial charge < -0.3 is 15.2 Å². The van der Waals surface area contributed by atoms with E-state index >= 15 is 0 Å². The van der Waals surface area contributed by atoms with Crippen molar-refractivity contribution in [3.63, 3.8) is 0 Å². The van der Waals surface area contributed by atoms with E-state index in [1.165, 1.54) is 11.3 Å². The van der Waals surface area contributed by atoms with Crippen LogP contribution in [-0.2, 0) is 13.6 Å². The van der Waals surface area contributed by atoms with Gasteiger partial charge in [-0.1, -0.05) is 53.8 Å². The Morgan fingerprint density at radius 3 is 2.69 bits per heavy atom. The Balaban J connectivity index is 1.45. The van der Waals surface area contributed by atoms with E-state index in [0.717, 1.165) is 16.6 Å². The van der Waals surface area contributed by atoms with Crippen LogP contribution in [0.25, 0.3) is 11.0 Å². The Morgan fingerprint density at radius 2 is 1.88 bits per heavy atom. The first kappa shape index (κ1) is 16.3. The largest absolute Gasteiger partial charge is 0.347 e. The zero-order valence-electron chi connectivity index (χ0n) is 14.1. The SMILES string of the molecule is Cn1c(Nc2ncc(C(=O)NCc3ccccc3)s2)nc2ccccc21. The highest BCUT2D eigenvalue weighted by Gasteiger charge is 2.13. The second-order valence-corrected chi connectivity index (χ2v) is 6.84. The third-order valence-electron chi connectivity index (χ3n) is 4.03. The van der Waals surface area contributed by atoms with Crippen LogP contribution in [0.2, 0.25) is 0 Å². The number of hydrogen-bond donors (Lipinski definition) is 2. The standard InChI is InChI=1S/C19H17N5OS/c1-24-15-10-6-5-9-14(15)22-18(24)23-19-21-12-16(26-19)17(25)20-11-13-7-3-2-4-8-13/h2-10,12H,11H2,1H3,(H,20,25)(H,21,22,23). The van der Waals surface area contributed by atoms with E-state index in [0.29, 0.717) is 22.5 Å². The second-order valence-electron chi connectivity index (χ2n) is 5.81. The second kappa shape index (κ2) is 6.97. The molecule has 0 unspecified atom stereocenters. The van der Waals surface area contributed by atoms with Crippen molar-refractivity contribution in [3.05, 3.63) is 71.2 Å². The summed E-state index contributed by atoms with van der Waals surface area (Å²) in [4.78, 5) is 21.7. The van der Waals surface area contributed by atoms with Gasteiger partial charge in [0.05, 0.1) is 17.2 Å². The summed E-state index contributed by atoms with van der Waals surface area (Å²) in [7, 11) is 1.94. The number of thiazole rings is 1. The summed E-state index contributed by atoms with van der Waals surface area (Å²) in [5.41, 5.74) is 3.01. The summed E-state index contributed by atoms with van der Waals surface area (Å²) in [5, 5.41) is 6.73. The van der Waals surface area contributed by atoms with Crippen molar-refractivity contribution in [2.24, 2.45) is 7.05 Å². The maximum Gasteiger partial charge on any atom is 0.263 e. The van der Waals surface area contributed by atoms with Gasteiger partial charge in [0.2, 0.25) is 5.95 Å². The van der Waals surface area contributed by atoms with Crippen LogP contribution in [0.15, 0.2) is 60.8 Å². The Hall–Kier alpha value is -3.19. The van der Waals surface area contributed by atoms with E-state index in [-0.39, 0.29) is 5.91 Å². The third-order valence-corrected chi connectivity index (χ3v) is 4.94. The van der Waals surface area contributed by atoms with Crippen LogP contribution < -0.4 is 10.6 Å². The lowest BCUT2D eigenvalue weighted by Gasteiger charge is -2.03. The van der Waals surface area contributed by atoms with Gasteiger partial charge in [-0.3, -0.25) is 4.79 Å². The molecule has 6 nitrogen and oxygen atoms in total. The topological polar surface area (TPSA) is 71.8 Å². The molecule has 1 amide bonds. The number of hydrogen-bond acceptors (Lipinski definition) is 5. The zero-order chi connectivity index (χ0) is 17.9. The average molecular weight is 363 g/mol. The number of para-hydroxylation sites is 2. The molecule has 4 aromatic rings. The van der Waals surface area contributed by atoms with Gasteiger partial charge in [-0.2, -0.15) is 0 Å². The molecule has 0 spiro atoms. The smallest absolute Gasteiger partial charge is 0.263 e. The lowest BCUT2D eigenvalue weighted by atomic mass is 10.2. The zero-order valence-corrected chi connectivity index (χ0v) is 15.0. The van der Waals surface area contributed by atoms with Gasteiger partial charge in [-0.25, -0.2) is 9.97 Å². The van der Waals surface area contributed by atoms with Crippen LogP contribution in [0.3, 0.4) is 0 Å². The van der Waals surface area contributed by atoms with E-state index in [1.54, 1.807) is 6.20 Å². The Morgan fingerprint density at radius 1 is 1.12 bits per heavy atom. The van der Waals surface area contributed by atoms with Crippen molar-refractivity contribution in [3.8, 4) is 0 Å². The first-order chi connectivity index (χ1) is 12.7. The number of imidazole rings is 1. The lowest BCUT2D eigenvalue weighted by molar-refractivity contribution is 0.0955. The Labute approximate surface area is 154 Å². The predicted molar refractivity (Wildman–Crippen MR) is 104 cm³/mol. The summed E-state index contributed by atoms with van der Waals surface area (Å²) in [6, 6.07) is 17.7. The van der Waals surface area contributed by atoms with Crippen LogP contribution >= 0.6 is 11.3 Å². The molecule has 2 aromatic carbocycles. The maximum atomic E-state index is 12.3. The summed E-state index contributed by atoms with van der Waals surface area (Å²) >= 11 is 1.30. The lowest BCUT2D eigenvalue weighted by Crippen LogP contribution is -2.21. The Kier molecular flexibility index (Phi) is 4.37. The first-order valence-corrected chi connectivity index (χ1v) is 8.99. The first-order valence-electron chi connectivity index (χ1n) is 8.17. The highest BCUT2D eigenvalue weighted by molar-refractivity contribution is 7.17. The van der Waals surface area contributed by atoms with E-state index < -0.39 is 0 Å². The van der Waals surface area contributed by atoms with Gasteiger partial charge >= 0.3 is 0 Å². The highest BCUT2D eigenvalue weighted by atomic mass is 32.1. The number of benzene rings is 2. The molecule has 2 N–H and O–H groups in total. The van der Waals surface area contributed by atoms with Crippen molar-refractivity contribution in [2.75, 3.05) is 5.32 Å². The molecule has 0 aliphatic rings. The number of carbonyl (C=O) groups is 1. The quantitative estimate of drug-likeness (QED) is 0.567. The van der Waals surface area contributed by atoms with Crippen molar-refractivity contribution in [1.29, 1.82) is 0 Å². The molecule has 26 heavy (non-hydrogen) atoms. The number of anilines is 2. The van der Waals surface area contributed by atoms with Gasteiger partial charge in [-0.05, 0) is 17.7 Å². The molecule has 0 radical (unpaired) electrons. The van der Waals surface area contributed by atoms with Crippen LogP contribution in [0, 0.1) is 0 Å². The molecule has 0 bridgehead atoms. The molecular weight excluding hydrogens is 346 g/mol. The number of amides is 1. The number of fused-ring (bicyclic) bond motifs is 1. The third kappa shape index (κ3) is 3.29. The number of aryl methyl sites for hydroxylation is 1. The molecule has 7 heteroatoms. The van der Waals surface area contributed by atoms with Crippen LogP contribution in [0.1, 0.15) is 15.2 Å². The van der Waals surface area contributed by atoms with Crippen LogP contribution in [-0.4, -0.2) is 20.4 Å². The molecule has 0 aliphatic carbocycles. The fourth-order valence-electron chi connectivity index (χ4n) is 2.66. The van der Waals surface area contributed by atoms with Gasteiger partial charge in [-0.15, -0.1) is 0 Å². The summed E-state index contributed by atoms with van der Waals surface area (Å²) in [6.45, 7) is 0.491. The normalized spacial score (nSPS) is 10.8. The minimum atomic E-state index is -0.135. The van der Waals surface area contributed by atoms with Gasteiger partial charge in [0, 0.05) is 13.6 Å². The molecule has 0 fully saturated rings. The van der Waals surface area contributed by atoms with Crippen LogP contribution in [0.5, 0.6) is 0 Å². The van der Waals surface area contributed by atoms with Crippen molar-refractivity contribution in [2.45, 2.75) is 6.54 Å². The summed E-state index contributed by atoms with van der Waals surface area (Å²) in [6.07, 6.45) is 1.58. The van der Waals surface area contributed by atoms with E-state index in [1.807, 2.05) is 66.2 Å². The van der Waals surface area contributed by atoms with Crippen molar-refractivity contribution in [1.82, 2.24) is 19.9 Å². The number of nitrogens with zero attached hydrogens (tertiary/aromatic N) is 3. The number of nitrogens with one attached hydrogen (secondary N) is 2. The molecule has 2 heterocycles. The van der Waals surface area contributed by atoms with Gasteiger partial charge in [0.25, 0.3) is 5.91 Å². The minimum absolute atomic E-state index is 0.135. The van der Waals surface area contributed by atoms with Crippen molar-refractivity contribution >= 4 is 39.4 Å².